The number of nitrogens with zero attached hydrogens (tertiary/aromatic N) is 6. The molecule has 4 fully saturated rings. The van der Waals surface area contributed by atoms with E-state index >= 15 is 8.78 Å². The van der Waals surface area contributed by atoms with E-state index in [2.05, 4.69) is 25.0 Å². The molecule has 3 atom stereocenters. The standard InChI is InChI=1S/C31H31ClF3N7O3/c32-18-9-19-21(27(35)40-39-19)22(20(18)15-3-4-15)25-24(34)26-23-28(42-7-2-8-43-12-17(42)13-44-29(23)36-25)38-30(37-26)45-14-31-5-1-6-41(31)11-16(33)10-31/h9,15-17H,1-8,10-14H2,(H,39,40)/t16-,17+,31+/m1/s1. The van der Waals surface area contributed by atoms with Crippen LogP contribution >= 0.6 is 11.6 Å². The highest BCUT2D eigenvalue weighted by molar-refractivity contribution is 6.33. The molecular formula is C31H31ClF3N7O3. The van der Waals surface area contributed by atoms with E-state index in [-0.39, 0.29) is 64.7 Å². The van der Waals surface area contributed by atoms with Gasteiger partial charge in [0.25, 0.3) is 0 Å². The van der Waals surface area contributed by atoms with Gasteiger partial charge in [0, 0.05) is 36.7 Å². The van der Waals surface area contributed by atoms with Crippen LogP contribution in [0.4, 0.5) is 19.0 Å². The van der Waals surface area contributed by atoms with Gasteiger partial charge in [-0.3, -0.25) is 10.00 Å². The van der Waals surface area contributed by atoms with Crippen LogP contribution in [0, 0.1) is 11.8 Å². The minimum Gasteiger partial charge on any atom is -0.475 e. The van der Waals surface area contributed by atoms with Crippen molar-refractivity contribution in [1.82, 2.24) is 30.0 Å². The van der Waals surface area contributed by atoms with Gasteiger partial charge in [-0.15, -0.1) is 0 Å². The topological polar surface area (TPSA) is 102 Å². The van der Waals surface area contributed by atoms with E-state index in [1.165, 1.54) is 0 Å². The second-order valence-corrected chi connectivity index (χ2v) is 13.3. The van der Waals surface area contributed by atoms with Gasteiger partial charge in [-0.1, -0.05) is 11.6 Å². The normalized spacial score (nSPS) is 26.5. The number of fused-ring (bicyclic) bond motifs is 4. The molecular weight excluding hydrogens is 611 g/mol. The lowest BCUT2D eigenvalue weighted by molar-refractivity contribution is 0.107. The van der Waals surface area contributed by atoms with Crippen LogP contribution in [0.1, 0.15) is 50.0 Å². The fourth-order valence-corrected chi connectivity index (χ4v) is 8.21. The molecule has 236 valence electrons. The van der Waals surface area contributed by atoms with Crippen molar-refractivity contribution >= 4 is 39.2 Å². The first kappa shape index (κ1) is 27.9. The number of nitrogens with one attached hydrogen (secondary N) is 1. The molecule has 0 radical (unpaired) electrons. The van der Waals surface area contributed by atoms with Gasteiger partial charge in [-0.2, -0.15) is 19.5 Å². The predicted molar refractivity (Wildman–Crippen MR) is 160 cm³/mol. The third kappa shape index (κ3) is 4.37. The number of aromatic amines is 1. The van der Waals surface area contributed by atoms with Crippen LogP contribution in [0.3, 0.4) is 0 Å². The van der Waals surface area contributed by atoms with Crippen LogP contribution in [0.5, 0.6) is 11.9 Å². The Labute approximate surface area is 261 Å². The van der Waals surface area contributed by atoms with Crippen molar-refractivity contribution < 1.29 is 27.4 Å². The number of anilines is 1. The van der Waals surface area contributed by atoms with Crippen molar-refractivity contribution in [2.45, 2.75) is 62.2 Å². The molecule has 1 N–H and O–H groups in total. The monoisotopic (exact) mass is 641 g/mol. The van der Waals surface area contributed by atoms with Gasteiger partial charge >= 0.3 is 6.01 Å². The Hall–Kier alpha value is -3.42. The zero-order valence-corrected chi connectivity index (χ0v) is 25.2. The maximum Gasteiger partial charge on any atom is 0.319 e. The summed E-state index contributed by atoms with van der Waals surface area (Å²) in [7, 11) is 0. The van der Waals surface area contributed by atoms with Crippen LogP contribution in [-0.4, -0.2) is 93.9 Å². The SMILES string of the molecule is Fc1c(-c2c(C3CC3)c(Cl)cc3n[nH]c(F)c23)nc2c3c(nc(OC[C@@]45CCCN4C[C@H](F)C5)nc13)N1CCCOC[C@H]1CO2. The number of halogens is 4. The van der Waals surface area contributed by atoms with E-state index in [1.807, 2.05) is 0 Å². The fraction of sp³-hybridized carbons (Fsp3) is 0.548. The lowest BCUT2D eigenvalue weighted by atomic mass is 9.95. The number of ether oxygens (including phenoxy) is 3. The Balaban J connectivity index is 1.25. The van der Waals surface area contributed by atoms with Crippen LogP contribution in [0.25, 0.3) is 33.1 Å². The molecule has 10 nitrogen and oxygen atoms in total. The number of aromatic nitrogens is 5. The minimum absolute atomic E-state index is 0.0120. The van der Waals surface area contributed by atoms with E-state index in [0.29, 0.717) is 54.5 Å². The minimum atomic E-state index is -0.918. The average Bonchev–Trinajstić information content (AvgIpc) is 3.69. The summed E-state index contributed by atoms with van der Waals surface area (Å²) < 4.78 is 65.3. The Kier molecular flexibility index (Phi) is 6.37. The molecule has 4 aliphatic heterocycles. The molecule has 9 rings (SSSR count). The molecule has 5 aliphatic rings. The van der Waals surface area contributed by atoms with E-state index in [1.54, 1.807) is 6.07 Å². The van der Waals surface area contributed by atoms with Crippen molar-refractivity contribution in [3.63, 3.8) is 0 Å². The Morgan fingerprint density at radius 2 is 2.00 bits per heavy atom. The lowest BCUT2D eigenvalue weighted by Gasteiger charge is -2.31. The summed E-state index contributed by atoms with van der Waals surface area (Å²) in [6.45, 7) is 3.18. The quantitative estimate of drug-likeness (QED) is 0.310. The smallest absolute Gasteiger partial charge is 0.319 e. The number of rotatable bonds is 5. The van der Waals surface area contributed by atoms with Crippen LogP contribution in [0.15, 0.2) is 6.07 Å². The first-order chi connectivity index (χ1) is 21.9. The average molecular weight is 642 g/mol. The zero-order chi connectivity index (χ0) is 30.4. The Morgan fingerprint density at radius 1 is 1.11 bits per heavy atom. The molecule has 3 saturated heterocycles. The van der Waals surface area contributed by atoms with Crippen molar-refractivity contribution in [3.8, 4) is 23.1 Å². The fourth-order valence-electron chi connectivity index (χ4n) is 7.86. The van der Waals surface area contributed by atoms with E-state index in [0.717, 1.165) is 38.6 Å². The van der Waals surface area contributed by atoms with Gasteiger partial charge in [-0.25, -0.2) is 13.8 Å². The first-order valence-electron chi connectivity index (χ1n) is 15.7. The number of hydrogen-bond acceptors (Lipinski definition) is 9. The van der Waals surface area contributed by atoms with Crippen molar-refractivity contribution in [2.24, 2.45) is 0 Å². The summed E-state index contributed by atoms with van der Waals surface area (Å²) in [4.78, 5) is 18.3. The summed E-state index contributed by atoms with van der Waals surface area (Å²) in [5.74, 6) is -0.831. The Morgan fingerprint density at radius 3 is 2.87 bits per heavy atom. The van der Waals surface area contributed by atoms with Gasteiger partial charge in [0.2, 0.25) is 11.8 Å². The van der Waals surface area contributed by atoms with Crippen LogP contribution in [0.2, 0.25) is 5.02 Å². The predicted octanol–water partition coefficient (Wildman–Crippen LogP) is 5.32. The molecule has 1 saturated carbocycles. The molecule has 0 spiro atoms. The van der Waals surface area contributed by atoms with Gasteiger partial charge < -0.3 is 19.1 Å². The highest BCUT2D eigenvalue weighted by Gasteiger charge is 2.49. The van der Waals surface area contributed by atoms with Gasteiger partial charge in [0.15, 0.2) is 5.82 Å². The molecule has 0 unspecified atom stereocenters. The van der Waals surface area contributed by atoms with E-state index in [4.69, 9.17) is 35.8 Å². The summed E-state index contributed by atoms with van der Waals surface area (Å²) in [5.41, 5.74) is 0.543. The van der Waals surface area contributed by atoms with E-state index < -0.39 is 23.5 Å². The summed E-state index contributed by atoms with van der Waals surface area (Å²) in [6, 6.07) is 1.38. The largest absolute Gasteiger partial charge is 0.475 e. The maximum atomic E-state index is 17.1. The summed E-state index contributed by atoms with van der Waals surface area (Å²) in [6.07, 6.45) is 3.66. The molecule has 1 aromatic carbocycles. The number of H-pyrrole nitrogens is 1. The van der Waals surface area contributed by atoms with Crippen molar-refractivity contribution in [1.29, 1.82) is 0 Å². The second kappa shape index (κ2) is 10.3. The molecule has 14 heteroatoms. The van der Waals surface area contributed by atoms with Gasteiger partial charge in [0.1, 0.15) is 41.8 Å². The van der Waals surface area contributed by atoms with Crippen LogP contribution in [-0.2, 0) is 4.74 Å². The summed E-state index contributed by atoms with van der Waals surface area (Å²) >= 11 is 6.74. The third-order valence-electron chi connectivity index (χ3n) is 10.1. The maximum absolute atomic E-state index is 17.1. The number of alkyl halides is 1. The first-order valence-corrected chi connectivity index (χ1v) is 16.0. The number of benzene rings is 1. The Bertz CT molecular complexity index is 1860. The van der Waals surface area contributed by atoms with Crippen molar-refractivity contribution in [3.05, 3.63) is 28.4 Å². The van der Waals surface area contributed by atoms with Crippen molar-refractivity contribution in [2.75, 3.05) is 51.0 Å². The van der Waals surface area contributed by atoms with Gasteiger partial charge in [-0.05, 0) is 56.2 Å². The summed E-state index contributed by atoms with van der Waals surface area (Å²) in [5, 5.41) is 7.25. The van der Waals surface area contributed by atoms with Crippen LogP contribution < -0.4 is 14.4 Å². The highest BCUT2D eigenvalue weighted by atomic mass is 35.5. The molecule has 3 aromatic heterocycles. The molecule has 0 bridgehead atoms. The second-order valence-electron chi connectivity index (χ2n) is 12.9. The van der Waals surface area contributed by atoms with Gasteiger partial charge in [0.05, 0.1) is 29.1 Å². The third-order valence-corrected chi connectivity index (χ3v) is 10.4. The zero-order valence-electron chi connectivity index (χ0n) is 24.4. The lowest BCUT2D eigenvalue weighted by Crippen LogP contribution is -2.43. The molecule has 7 heterocycles. The van der Waals surface area contributed by atoms with E-state index in [9.17, 15) is 4.39 Å². The highest BCUT2D eigenvalue weighted by Crippen LogP contribution is 2.52. The number of pyridine rings is 1. The molecule has 45 heavy (non-hydrogen) atoms. The molecule has 1 aliphatic carbocycles. The molecule has 0 amide bonds. The number of hydrogen-bond donors (Lipinski definition) is 1. The molecule has 4 aromatic rings.